The Bertz CT molecular complexity index is 1000. The highest BCUT2D eigenvalue weighted by molar-refractivity contribution is 5.97. The fraction of sp³-hybridized carbons (Fsp3) is 0.348. The first-order chi connectivity index (χ1) is 15.5. The average Bonchev–Trinajstić information content (AvgIpc) is 2.75. The fourth-order valence-electron chi connectivity index (χ4n) is 3.19. The van der Waals surface area contributed by atoms with E-state index in [2.05, 4.69) is 5.32 Å². The zero-order valence-electron chi connectivity index (χ0n) is 18.6. The Hall–Kier alpha value is -3.82. The van der Waals surface area contributed by atoms with Crippen LogP contribution in [0.4, 0.5) is 19.7 Å². The van der Waals surface area contributed by atoms with Gasteiger partial charge >= 0.3 is 12.2 Å². The number of carbonyl (C=O) groups is 3. The van der Waals surface area contributed by atoms with Crippen LogP contribution < -0.4 is 10.1 Å². The molecule has 9 nitrogen and oxygen atoms in total. The monoisotopic (exact) mass is 459 g/mol. The summed E-state index contributed by atoms with van der Waals surface area (Å²) in [6.07, 6.45) is -1.85. The van der Waals surface area contributed by atoms with Gasteiger partial charge in [0.25, 0.3) is 0 Å². The second kappa shape index (κ2) is 9.76. The van der Waals surface area contributed by atoms with Crippen LogP contribution in [0, 0.1) is 5.82 Å². The Morgan fingerprint density at radius 1 is 1.00 bits per heavy atom. The summed E-state index contributed by atoms with van der Waals surface area (Å²) in [6, 6.07) is 10.9. The molecular formula is C23H26FN3O6. The number of ether oxygens (including phenoxy) is 2. The highest BCUT2D eigenvalue weighted by Gasteiger charge is 2.39. The van der Waals surface area contributed by atoms with Crippen LogP contribution in [0.3, 0.4) is 0 Å². The Kier molecular flexibility index (Phi) is 7.05. The molecule has 1 aliphatic rings. The lowest BCUT2D eigenvalue weighted by Crippen LogP contribution is -2.61. The van der Waals surface area contributed by atoms with E-state index in [1.807, 2.05) is 0 Å². The highest BCUT2D eigenvalue weighted by atomic mass is 19.1. The number of amides is 3. The molecule has 1 unspecified atom stereocenters. The predicted octanol–water partition coefficient (Wildman–Crippen LogP) is 4.16. The summed E-state index contributed by atoms with van der Waals surface area (Å²) < 4.78 is 24.0. The maximum absolute atomic E-state index is 13.0. The van der Waals surface area contributed by atoms with Gasteiger partial charge in [0.05, 0.1) is 6.54 Å². The molecule has 2 aromatic rings. The van der Waals surface area contributed by atoms with Gasteiger partial charge < -0.3 is 24.8 Å². The van der Waals surface area contributed by atoms with Crippen LogP contribution >= 0.6 is 0 Å². The van der Waals surface area contributed by atoms with Crippen molar-refractivity contribution in [1.29, 1.82) is 0 Å². The summed E-state index contributed by atoms with van der Waals surface area (Å²) in [5.41, 5.74) is -0.328. The molecule has 0 saturated carbocycles. The molecule has 1 atom stereocenters. The lowest BCUT2D eigenvalue weighted by molar-refractivity contribution is -0.123. The molecule has 33 heavy (non-hydrogen) atoms. The zero-order valence-corrected chi connectivity index (χ0v) is 18.6. The minimum atomic E-state index is -1.17. The number of hydrogen-bond donors (Lipinski definition) is 2. The number of nitrogens with zero attached hydrogens (tertiary/aromatic N) is 2. The second-order valence-corrected chi connectivity index (χ2v) is 8.49. The average molecular weight is 459 g/mol. The van der Waals surface area contributed by atoms with Gasteiger partial charge in [-0.3, -0.25) is 9.69 Å². The smallest absolute Gasteiger partial charge is 0.411 e. The standard InChI is InChI=1S/C23H26FN3O6/c1-23(2,3)33-22(31)27-13-12-26(21(29)30)14-19(27)20(28)25-16-6-10-18(11-7-16)32-17-8-4-15(24)5-9-17/h4-11,19H,12-14H2,1-3H3,(H,25,28)(H,29,30). The van der Waals surface area contributed by atoms with Gasteiger partial charge in [-0.15, -0.1) is 0 Å². The van der Waals surface area contributed by atoms with Crippen LogP contribution in [0.15, 0.2) is 48.5 Å². The minimum Gasteiger partial charge on any atom is -0.465 e. The SMILES string of the molecule is CC(C)(C)OC(=O)N1CCN(C(=O)O)CC1C(=O)Nc1ccc(Oc2ccc(F)cc2)cc1. The summed E-state index contributed by atoms with van der Waals surface area (Å²) in [5.74, 6) is 0.0193. The van der Waals surface area contributed by atoms with Gasteiger partial charge in [0.2, 0.25) is 5.91 Å². The molecule has 0 radical (unpaired) electrons. The largest absolute Gasteiger partial charge is 0.465 e. The molecule has 2 aromatic carbocycles. The maximum Gasteiger partial charge on any atom is 0.411 e. The third-order valence-electron chi connectivity index (χ3n) is 4.75. The maximum atomic E-state index is 13.0. The van der Waals surface area contributed by atoms with Crippen molar-refractivity contribution in [3.63, 3.8) is 0 Å². The molecule has 2 N–H and O–H groups in total. The molecule has 0 bridgehead atoms. The first kappa shape index (κ1) is 23.8. The Balaban J connectivity index is 1.69. The molecular weight excluding hydrogens is 433 g/mol. The van der Waals surface area contributed by atoms with Crippen LogP contribution in [-0.2, 0) is 9.53 Å². The van der Waals surface area contributed by atoms with Gasteiger partial charge in [0, 0.05) is 18.8 Å². The van der Waals surface area contributed by atoms with Gasteiger partial charge in [0.1, 0.15) is 29.0 Å². The van der Waals surface area contributed by atoms with Crippen molar-refractivity contribution in [2.45, 2.75) is 32.4 Å². The fourth-order valence-corrected chi connectivity index (χ4v) is 3.19. The van der Waals surface area contributed by atoms with Crippen molar-refractivity contribution in [3.8, 4) is 11.5 Å². The first-order valence-corrected chi connectivity index (χ1v) is 10.3. The molecule has 176 valence electrons. The lowest BCUT2D eigenvalue weighted by Gasteiger charge is -2.39. The van der Waals surface area contributed by atoms with Crippen molar-refractivity contribution >= 4 is 23.8 Å². The van der Waals surface area contributed by atoms with Gasteiger partial charge in [-0.1, -0.05) is 0 Å². The molecule has 3 amide bonds. The van der Waals surface area contributed by atoms with E-state index < -0.39 is 29.7 Å². The number of hydrogen-bond acceptors (Lipinski definition) is 5. The summed E-state index contributed by atoms with van der Waals surface area (Å²) in [5, 5.41) is 12.0. The number of nitrogens with one attached hydrogen (secondary N) is 1. The molecule has 10 heteroatoms. The number of anilines is 1. The highest BCUT2D eigenvalue weighted by Crippen LogP contribution is 2.24. The molecule has 0 aliphatic carbocycles. The number of piperazine rings is 1. The van der Waals surface area contributed by atoms with E-state index in [9.17, 15) is 23.9 Å². The van der Waals surface area contributed by atoms with E-state index in [0.29, 0.717) is 17.2 Å². The number of benzene rings is 2. The van der Waals surface area contributed by atoms with Crippen molar-refractivity contribution in [1.82, 2.24) is 9.80 Å². The van der Waals surface area contributed by atoms with E-state index >= 15 is 0 Å². The van der Waals surface area contributed by atoms with Crippen molar-refractivity contribution in [3.05, 3.63) is 54.3 Å². The van der Waals surface area contributed by atoms with Gasteiger partial charge in [-0.25, -0.2) is 14.0 Å². The van der Waals surface area contributed by atoms with Crippen molar-refractivity contribution in [2.24, 2.45) is 0 Å². The summed E-state index contributed by atoms with van der Waals surface area (Å²) in [6.45, 7) is 5.07. The van der Waals surface area contributed by atoms with Gasteiger partial charge in [-0.05, 0) is 69.3 Å². The third-order valence-corrected chi connectivity index (χ3v) is 4.75. The molecule has 1 aliphatic heterocycles. The van der Waals surface area contributed by atoms with Crippen LogP contribution in [0.25, 0.3) is 0 Å². The quantitative estimate of drug-likeness (QED) is 0.711. The number of rotatable bonds is 4. The van der Waals surface area contributed by atoms with Crippen molar-refractivity contribution < 1.29 is 33.4 Å². The van der Waals surface area contributed by atoms with Crippen LogP contribution in [0.2, 0.25) is 0 Å². The predicted molar refractivity (Wildman–Crippen MR) is 118 cm³/mol. The molecule has 1 saturated heterocycles. The van der Waals surface area contributed by atoms with Gasteiger partial charge in [0.15, 0.2) is 0 Å². The third kappa shape index (κ3) is 6.58. The van der Waals surface area contributed by atoms with E-state index in [0.717, 1.165) is 4.90 Å². The van der Waals surface area contributed by atoms with E-state index in [4.69, 9.17) is 9.47 Å². The lowest BCUT2D eigenvalue weighted by atomic mass is 10.1. The van der Waals surface area contributed by atoms with E-state index in [-0.39, 0.29) is 25.5 Å². The summed E-state index contributed by atoms with van der Waals surface area (Å²) >= 11 is 0. The van der Waals surface area contributed by atoms with E-state index in [1.54, 1.807) is 45.0 Å². The van der Waals surface area contributed by atoms with Crippen LogP contribution in [-0.4, -0.2) is 64.3 Å². The minimum absolute atomic E-state index is 0.0315. The van der Waals surface area contributed by atoms with Crippen molar-refractivity contribution in [2.75, 3.05) is 25.0 Å². The van der Waals surface area contributed by atoms with Crippen LogP contribution in [0.1, 0.15) is 20.8 Å². The molecule has 1 fully saturated rings. The molecule has 3 rings (SSSR count). The normalized spacial score (nSPS) is 16.2. The van der Waals surface area contributed by atoms with Crippen LogP contribution in [0.5, 0.6) is 11.5 Å². The Morgan fingerprint density at radius 2 is 1.58 bits per heavy atom. The molecule has 1 heterocycles. The number of carbonyl (C=O) groups excluding carboxylic acids is 2. The van der Waals surface area contributed by atoms with E-state index in [1.165, 1.54) is 29.2 Å². The molecule has 0 aromatic heterocycles. The van der Waals surface area contributed by atoms with Gasteiger partial charge in [-0.2, -0.15) is 0 Å². The number of carboxylic acid groups (broad SMARTS) is 1. The number of halogens is 1. The Morgan fingerprint density at radius 3 is 2.12 bits per heavy atom. The first-order valence-electron chi connectivity index (χ1n) is 10.3. The summed E-state index contributed by atoms with van der Waals surface area (Å²) in [4.78, 5) is 39.3. The topological polar surface area (TPSA) is 108 Å². The molecule has 0 spiro atoms. The summed E-state index contributed by atoms with van der Waals surface area (Å²) in [7, 11) is 0. The zero-order chi connectivity index (χ0) is 24.2. The Labute approximate surface area is 190 Å². The second-order valence-electron chi connectivity index (χ2n) is 8.49.